The van der Waals surface area contributed by atoms with Gasteiger partial charge in [-0.3, -0.25) is 9.00 Å². The molecule has 0 radical (unpaired) electrons. The first-order valence-electron chi connectivity index (χ1n) is 6.45. The van der Waals surface area contributed by atoms with Gasteiger partial charge in [0.2, 0.25) is 0 Å². The lowest BCUT2D eigenvalue weighted by molar-refractivity contribution is 0.0901. The molecule has 2 aliphatic rings. The van der Waals surface area contributed by atoms with Crippen molar-refractivity contribution in [1.82, 2.24) is 0 Å². The number of ketones is 1. The fourth-order valence-electron chi connectivity index (χ4n) is 3.16. The van der Waals surface area contributed by atoms with Gasteiger partial charge in [-0.25, -0.2) is 8.78 Å². The van der Waals surface area contributed by atoms with Crippen LogP contribution in [-0.4, -0.2) is 20.5 Å². The van der Waals surface area contributed by atoms with Crippen LogP contribution in [0.5, 0.6) is 0 Å². The molecular formula is C14H14F2O2S. The van der Waals surface area contributed by atoms with Gasteiger partial charge in [-0.15, -0.1) is 0 Å². The number of carbonyl (C=O) groups excluding carboxylic acids is 1. The van der Waals surface area contributed by atoms with E-state index in [9.17, 15) is 17.8 Å². The third-order valence-electron chi connectivity index (χ3n) is 4.15. The molecule has 1 aromatic rings. The predicted molar refractivity (Wildman–Crippen MR) is 68.4 cm³/mol. The SMILES string of the molecule is O=C(c1cccc(F)c1F)C1CC2CCC(C1)S2=O. The number of Topliss-reactive ketones (excluding diaryl/α,β-unsaturated/α-hetero) is 1. The molecule has 2 saturated heterocycles. The maximum absolute atomic E-state index is 13.6. The number of hydrogen-bond donors (Lipinski definition) is 0. The van der Waals surface area contributed by atoms with Crippen LogP contribution in [0.2, 0.25) is 0 Å². The molecule has 5 heteroatoms. The highest BCUT2D eigenvalue weighted by Gasteiger charge is 2.43. The van der Waals surface area contributed by atoms with Crippen LogP contribution in [0.15, 0.2) is 18.2 Å². The van der Waals surface area contributed by atoms with E-state index in [0.29, 0.717) is 12.8 Å². The summed E-state index contributed by atoms with van der Waals surface area (Å²) >= 11 is 0. The Hall–Kier alpha value is -1.10. The maximum Gasteiger partial charge on any atom is 0.169 e. The molecular weight excluding hydrogens is 270 g/mol. The van der Waals surface area contributed by atoms with Crippen LogP contribution in [0.1, 0.15) is 36.0 Å². The Morgan fingerprint density at radius 1 is 1.16 bits per heavy atom. The van der Waals surface area contributed by atoms with Crippen molar-refractivity contribution in [3.8, 4) is 0 Å². The minimum absolute atomic E-state index is 0.0596. The van der Waals surface area contributed by atoms with E-state index in [1.54, 1.807) is 0 Å². The summed E-state index contributed by atoms with van der Waals surface area (Å²) in [6, 6.07) is 3.68. The van der Waals surface area contributed by atoms with E-state index < -0.39 is 22.4 Å². The summed E-state index contributed by atoms with van der Waals surface area (Å²) in [5, 5.41) is 0.119. The molecule has 1 aromatic carbocycles. The zero-order chi connectivity index (χ0) is 13.6. The quantitative estimate of drug-likeness (QED) is 0.783. The maximum atomic E-state index is 13.6. The first-order valence-corrected chi connectivity index (χ1v) is 7.73. The van der Waals surface area contributed by atoms with Crippen molar-refractivity contribution in [2.45, 2.75) is 36.2 Å². The normalized spacial score (nSPS) is 33.4. The molecule has 0 N–H and O–H groups in total. The molecule has 2 atom stereocenters. The van der Waals surface area contributed by atoms with Crippen LogP contribution in [0.3, 0.4) is 0 Å². The number of carbonyl (C=O) groups is 1. The third kappa shape index (κ3) is 2.14. The first-order chi connectivity index (χ1) is 9.08. The van der Waals surface area contributed by atoms with Crippen molar-refractivity contribution in [2.24, 2.45) is 5.92 Å². The highest BCUT2D eigenvalue weighted by Crippen LogP contribution is 2.40. The number of rotatable bonds is 2. The van der Waals surface area contributed by atoms with Crippen LogP contribution in [0.4, 0.5) is 8.78 Å². The second-order valence-electron chi connectivity index (χ2n) is 5.28. The van der Waals surface area contributed by atoms with E-state index in [4.69, 9.17) is 0 Å². The third-order valence-corrected chi connectivity index (χ3v) is 6.32. The second kappa shape index (κ2) is 4.78. The molecule has 2 fully saturated rings. The first kappa shape index (κ1) is 12.9. The largest absolute Gasteiger partial charge is 0.294 e. The van der Waals surface area contributed by atoms with Crippen LogP contribution >= 0.6 is 0 Å². The zero-order valence-electron chi connectivity index (χ0n) is 10.3. The molecule has 2 bridgehead atoms. The van der Waals surface area contributed by atoms with Gasteiger partial charge in [0.1, 0.15) is 0 Å². The van der Waals surface area contributed by atoms with Gasteiger partial charge in [0.05, 0.1) is 5.56 Å². The van der Waals surface area contributed by atoms with Crippen molar-refractivity contribution < 1.29 is 17.8 Å². The Labute approximate surface area is 112 Å². The average molecular weight is 284 g/mol. The summed E-state index contributed by atoms with van der Waals surface area (Å²) < 4.78 is 38.7. The smallest absolute Gasteiger partial charge is 0.169 e. The van der Waals surface area contributed by atoms with Crippen molar-refractivity contribution in [3.05, 3.63) is 35.4 Å². The van der Waals surface area contributed by atoms with Gasteiger partial charge in [-0.2, -0.15) is 0 Å². The molecule has 19 heavy (non-hydrogen) atoms. The van der Waals surface area contributed by atoms with E-state index in [0.717, 1.165) is 18.9 Å². The van der Waals surface area contributed by atoms with Crippen LogP contribution < -0.4 is 0 Å². The van der Waals surface area contributed by atoms with E-state index in [2.05, 4.69) is 0 Å². The molecule has 0 amide bonds. The monoisotopic (exact) mass is 284 g/mol. The second-order valence-corrected chi connectivity index (χ2v) is 7.27. The lowest BCUT2D eigenvalue weighted by Crippen LogP contribution is -2.32. The number of fused-ring (bicyclic) bond motifs is 2. The van der Waals surface area contributed by atoms with Crippen LogP contribution in [-0.2, 0) is 10.8 Å². The summed E-state index contributed by atoms with van der Waals surface area (Å²) in [6.45, 7) is 0. The Morgan fingerprint density at radius 3 is 2.42 bits per heavy atom. The van der Waals surface area contributed by atoms with Crippen LogP contribution in [0.25, 0.3) is 0 Å². The summed E-state index contributed by atoms with van der Waals surface area (Å²) in [5.41, 5.74) is -0.169. The summed E-state index contributed by atoms with van der Waals surface area (Å²) in [7, 11) is -0.842. The van der Waals surface area contributed by atoms with Gasteiger partial charge in [0.25, 0.3) is 0 Å². The lowest BCUT2D eigenvalue weighted by atomic mass is 9.90. The lowest BCUT2D eigenvalue weighted by Gasteiger charge is -2.26. The molecule has 0 aliphatic carbocycles. The van der Waals surface area contributed by atoms with E-state index in [1.165, 1.54) is 12.1 Å². The fraction of sp³-hybridized carbons (Fsp3) is 0.500. The van der Waals surface area contributed by atoms with Crippen LogP contribution in [0, 0.1) is 17.6 Å². The van der Waals surface area contributed by atoms with Crippen molar-refractivity contribution in [3.63, 3.8) is 0 Å². The Balaban J connectivity index is 1.85. The Bertz CT molecular complexity index is 542. The minimum Gasteiger partial charge on any atom is -0.294 e. The number of benzene rings is 1. The summed E-state index contributed by atoms with van der Waals surface area (Å²) in [4.78, 5) is 12.3. The molecule has 0 saturated carbocycles. The molecule has 102 valence electrons. The van der Waals surface area contributed by atoms with Crippen molar-refractivity contribution in [2.75, 3.05) is 0 Å². The molecule has 2 nitrogen and oxygen atoms in total. The standard InChI is InChI=1S/C14H14F2O2S/c15-12-3-1-2-11(13(12)16)14(17)8-6-9-4-5-10(7-8)19(9)18/h1-3,8-10H,4-7H2. The van der Waals surface area contributed by atoms with Gasteiger partial charge in [0, 0.05) is 27.2 Å². The molecule has 0 aromatic heterocycles. The Kier molecular flexibility index (Phi) is 3.25. The highest BCUT2D eigenvalue weighted by molar-refractivity contribution is 7.86. The van der Waals surface area contributed by atoms with Gasteiger partial charge >= 0.3 is 0 Å². The highest BCUT2D eigenvalue weighted by atomic mass is 32.2. The zero-order valence-corrected chi connectivity index (χ0v) is 11.1. The average Bonchev–Trinajstić information content (AvgIpc) is 2.64. The Morgan fingerprint density at radius 2 is 1.79 bits per heavy atom. The van der Waals surface area contributed by atoms with Crippen molar-refractivity contribution >= 4 is 16.6 Å². The van der Waals surface area contributed by atoms with Gasteiger partial charge in [0.15, 0.2) is 17.4 Å². The van der Waals surface area contributed by atoms with Gasteiger partial charge in [-0.1, -0.05) is 6.07 Å². The number of hydrogen-bond acceptors (Lipinski definition) is 2. The fourth-order valence-corrected chi connectivity index (χ4v) is 5.29. The molecule has 0 spiro atoms. The number of halogens is 2. The topological polar surface area (TPSA) is 34.1 Å². The van der Waals surface area contributed by atoms with E-state index >= 15 is 0 Å². The van der Waals surface area contributed by atoms with Gasteiger partial charge < -0.3 is 0 Å². The summed E-state index contributed by atoms with van der Waals surface area (Å²) in [5.74, 6) is -2.71. The molecule has 2 aliphatic heterocycles. The molecule has 2 unspecified atom stereocenters. The summed E-state index contributed by atoms with van der Waals surface area (Å²) in [6.07, 6.45) is 2.84. The van der Waals surface area contributed by atoms with Crippen molar-refractivity contribution in [1.29, 1.82) is 0 Å². The molecule has 2 heterocycles. The molecule has 3 rings (SSSR count). The minimum atomic E-state index is -1.06. The van der Waals surface area contributed by atoms with Gasteiger partial charge in [-0.05, 0) is 37.8 Å². The van der Waals surface area contributed by atoms with E-state index in [1.807, 2.05) is 0 Å². The predicted octanol–water partition coefficient (Wildman–Crippen LogP) is 2.84. The van der Waals surface area contributed by atoms with E-state index in [-0.39, 0.29) is 27.8 Å².